The summed E-state index contributed by atoms with van der Waals surface area (Å²) in [6.07, 6.45) is 4.09. The van der Waals surface area contributed by atoms with Gasteiger partial charge in [-0.15, -0.1) is 0 Å². The Labute approximate surface area is 128 Å². The Hall–Kier alpha value is -1.17. The number of nitrogens with zero attached hydrogens (tertiary/aromatic N) is 2. The lowest BCUT2D eigenvalue weighted by atomic mass is 10.2. The lowest BCUT2D eigenvalue weighted by molar-refractivity contribution is 0.191. The van der Waals surface area contributed by atoms with Crippen LogP contribution in [0.15, 0.2) is 18.3 Å². The van der Waals surface area contributed by atoms with E-state index in [0.29, 0.717) is 6.61 Å². The van der Waals surface area contributed by atoms with Crippen LogP contribution in [0, 0.1) is 0 Å². The molecule has 21 heavy (non-hydrogen) atoms. The first-order chi connectivity index (χ1) is 10.3. The highest BCUT2D eigenvalue weighted by molar-refractivity contribution is 5.39. The molecule has 0 unspecified atom stereocenters. The molecule has 0 radical (unpaired) electrons. The fraction of sp³-hybridized carbons (Fsp3) is 0.688. The molecule has 0 aliphatic heterocycles. The van der Waals surface area contributed by atoms with Crippen LogP contribution in [0.25, 0.3) is 0 Å². The molecule has 0 aromatic carbocycles. The number of anilines is 1. The average Bonchev–Trinajstić information content (AvgIpc) is 2.52. The van der Waals surface area contributed by atoms with Crippen molar-refractivity contribution in [1.82, 2.24) is 10.3 Å². The molecule has 1 aromatic heterocycles. The van der Waals surface area contributed by atoms with Crippen LogP contribution in [-0.4, -0.2) is 52.1 Å². The van der Waals surface area contributed by atoms with Crippen LogP contribution in [0.1, 0.15) is 25.3 Å². The van der Waals surface area contributed by atoms with Crippen molar-refractivity contribution in [2.45, 2.75) is 26.3 Å². The van der Waals surface area contributed by atoms with E-state index < -0.39 is 0 Å². The molecule has 120 valence electrons. The summed E-state index contributed by atoms with van der Waals surface area (Å²) in [7, 11) is 3.46. The molecule has 0 saturated carbocycles. The first-order valence-electron chi connectivity index (χ1n) is 7.70. The van der Waals surface area contributed by atoms with Crippen molar-refractivity contribution in [3.63, 3.8) is 0 Å². The number of ether oxygens (including phenoxy) is 2. The van der Waals surface area contributed by atoms with Crippen LogP contribution >= 0.6 is 0 Å². The quantitative estimate of drug-likeness (QED) is 0.598. The zero-order valence-electron chi connectivity index (χ0n) is 13.6. The van der Waals surface area contributed by atoms with Crippen LogP contribution in [0.2, 0.25) is 0 Å². The van der Waals surface area contributed by atoms with E-state index in [9.17, 15) is 0 Å². The average molecular weight is 295 g/mol. The van der Waals surface area contributed by atoms with Gasteiger partial charge in [0.05, 0.1) is 6.61 Å². The van der Waals surface area contributed by atoms with Crippen molar-refractivity contribution in [1.29, 1.82) is 0 Å². The van der Waals surface area contributed by atoms with Crippen LogP contribution < -0.4 is 10.2 Å². The Kier molecular flexibility index (Phi) is 9.78. The van der Waals surface area contributed by atoms with Gasteiger partial charge in [0, 0.05) is 46.7 Å². The molecule has 5 nitrogen and oxygen atoms in total. The second-order valence-electron chi connectivity index (χ2n) is 5.03. The summed E-state index contributed by atoms with van der Waals surface area (Å²) < 4.78 is 10.3. The molecule has 1 rings (SSSR count). The SMILES string of the molecule is CCCNCc1ccc(N(CCCOC)CCOC)nc1. The highest BCUT2D eigenvalue weighted by atomic mass is 16.5. The summed E-state index contributed by atoms with van der Waals surface area (Å²) in [6, 6.07) is 4.23. The van der Waals surface area contributed by atoms with E-state index in [1.165, 1.54) is 5.56 Å². The molecule has 0 bridgehead atoms. The largest absolute Gasteiger partial charge is 0.385 e. The van der Waals surface area contributed by atoms with Gasteiger partial charge in [-0.2, -0.15) is 0 Å². The van der Waals surface area contributed by atoms with Gasteiger partial charge in [0.1, 0.15) is 5.82 Å². The molecule has 0 atom stereocenters. The number of nitrogens with one attached hydrogen (secondary N) is 1. The maximum Gasteiger partial charge on any atom is 0.128 e. The summed E-state index contributed by atoms with van der Waals surface area (Å²) in [5, 5.41) is 3.39. The Bertz CT molecular complexity index is 357. The summed E-state index contributed by atoms with van der Waals surface area (Å²) in [6.45, 7) is 7.33. The van der Waals surface area contributed by atoms with E-state index in [1.54, 1.807) is 14.2 Å². The molecule has 1 heterocycles. The van der Waals surface area contributed by atoms with Gasteiger partial charge in [-0.05, 0) is 31.0 Å². The molecule has 1 aromatic rings. The molecule has 0 fully saturated rings. The second kappa shape index (κ2) is 11.5. The maximum atomic E-state index is 5.18. The Morgan fingerprint density at radius 2 is 1.95 bits per heavy atom. The summed E-state index contributed by atoms with van der Waals surface area (Å²) in [5.74, 6) is 1.00. The summed E-state index contributed by atoms with van der Waals surface area (Å²) in [5.41, 5.74) is 1.22. The Morgan fingerprint density at radius 1 is 1.14 bits per heavy atom. The van der Waals surface area contributed by atoms with E-state index >= 15 is 0 Å². The molecular weight excluding hydrogens is 266 g/mol. The number of pyridine rings is 1. The number of aromatic nitrogens is 1. The van der Waals surface area contributed by atoms with E-state index in [0.717, 1.165) is 51.4 Å². The monoisotopic (exact) mass is 295 g/mol. The third-order valence-electron chi connectivity index (χ3n) is 3.23. The van der Waals surface area contributed by atoms with Gasteiger partial charge in [0.2, 0.25) is 0 Å². The maximum absolute atomic E-state index is 5.18. The van der Waals surface area contributed by atoms with E-state index in [4.69, 9.17) is 9.47 Å². The molecule has 0 aliphatic carbocycles. The third kappa shape index (κ3) is 7.41. The molecule has 1 N–H and O–H groups in total. The normalized spacial score (nSPS) is 10.8. The van der Waals surface area contributed by atoms with Gasteiger partial charge < -0.3 is 19.7 Å². The minimum Gasteiger partial charge on any atom is -0.385 e. The zero-order valence-corrected chi connectivity index (χ0v) is 13.6. The molecule has 0 saturated heterocycles. The van der Waals surface area contributed by atoms with Gasteiger partial charge in [0.15, 0.2) is 0 Å². The Balaban J connectivity index is 2.55. The van der Waals surface area contributed by atoms with Gasteiger partial charge in [-0.3, -0.25) is 0 Å². The van der Waals surface area contributed by atoms with Crippen molar-refractivity contribution in [2.24, 2.45) is 0 Å². The fourth-order valence-electron chi connectivity index (χ4n) is 2.06. The van der Waals surface area contributed by atoms with E-state index in [1.807, 2.05) is 6.20 Å². The molecule has 0 spiro atoms. The van der Waals surface area contributed by atoms with Gasteiger partial charge in [0.25, 0.3) is 0 Å². The van der Waals surface area contributed by atoms with Crippen molar-refractivity contribution in [3.05, 3.63) is 23.9 Å². The molecule has 5 heteroatoms. The van der Waals surface area contributed by atoms with Crippen LogP contribution in [-0.2, 0) is 16.0 Å². The van der Waals surface area contributed by atoms with Gasteiger partial charge in [-0.1, -0.05) is 13.0 Å². The zero-order chi connectivity index (χ0) is 15.3. The van der Waals surface area contributed by atoms with Crippen LogP contribution in [0.3, 0.4) is 0 Å². The van der Waals surface area contributed by atoms with Crippen LogP contribution in [0.5, 0.6) is 0 Å². The number of methoxy groups -OCH3 is 2. The number of hydrogen-bond acceptors (Lipinski definition) is 5. The van der Waals surface area contributed by atoms with E-state index in [2.05, 4.69) is 34.3 Å². The second-order valence-corrected chi connectivity index (χ2v) is 5.03. The number of hydrogen-bond donors (Lipinski definition) is 1. The van der Waals surface area contributed by atoms with Crippen molar-refractivity contribution >= 4 is 5.82 Å². The van der Waals surface area contributed by atoms with Gasteiger partial charge >= 0.3 is 0 Å². The van der Waals surface area contributed by atoms with Crippen molar-refractivity contribution in [3.8, 4) is 0 Å². The first-order valence-corrected chi connectivity index (χ1v) is 7.70. The fourth-order valence-corrected chi connectivity index (χ4v) is 2.06. The van der Waals surface area contributed by atoms with E-state index in [-0.39, 0.29) is 0 Å². The minimum absolute atomic E-state index is 0.703. The van der Waals surface area contributed by atoms with Gasteiger partial charge in [-0.25, -0.2) is 4.98 Å². The minimum atomic E-state index is 0.703. The molecular formula is C16H29N3O2. The lowest BCUT2D eigenvalue weighted by Crippen LogP contribution is -2.29. The third-order valence-corrected chi connectivity index (χ3v) is 3.23. The summed E-state index contributed by atoms with van der Waals surface area (Å²) in [4.78, 5) is 6.82. The molecule has 0 amide bonds. The summed E-state index contributed by atoms with van der Waals surface area (Å²) >= 11 is 0. The lowest BCUT2D eigenvalue weighted by Gasteiger charge is -2.23. The van der Waals surface area contributed by atoms with Crippen molar-refractivity contribution in [2.75, 3.05) is 52.0 Å². The Morgan fingerprint density at radius 3 is 2.57 bits per heavy atom. The highest BCUT2D eigenvalue weighted by Crippen LogP contribution is 2.12. The standard InChI is InChI=1S/C16H29N3O2/c1-4-8-17-13-15-6-7-16(18-14-15)19(10-12-21-3)9-5-11-20-2/h6-7,14,17H,4-5,8-13H2,1-3H3. The topological polar surface area (TPSA) is 46.6 Å². The van der Waals surface area contributed by atoms with Crippen molar-refractivity contribution < 1.29 is 9.47 Å². The number of rotatable bonds is 12. The highest BCUT2D eigenvalue weighted by Gasteiger charge is 2.07. The smallest absolute Gasteiger partial charge is 0.128 e. The molecule has 0 aliphatic rings. The van der Waals surface area contributed by atoms with Crippen LogP contribution in [0.4, 0.5) is 5.82 Å². The first kappa shape index (κ1) is 17.9. The predicted octanol–water partition coefficient (Wildman–Crippen LogP) is 2.07. The predicted molar refractivity (Wildman–Crippen MR) is 86.8 cm³/mol.